The molecule has 3 amide bonds. The average molecular weight is 691 g/mol. The van der Waals surface area contributed by atoms with E-state index in [4.69, 9.17) is 11.6 Å². The molecule has 1 unspecified atom stereocenters. The highest BCUT2D eigenvalue weighted by Gasteiger charge is 2.22. The van der Waals surface area contributed by atoms with E-state index in [2.05, 4.69) is 22.0 Å². The highest BCUT2D eigenvalue weighted by atomic mass is 35.5. The molecule has 0 aliphatic carbocycles. The summed E-state index contributed by atoms with van der Waals surface area (Å²) >= 11 is 8.72. The molecule has 0 saturated heterocycles. The van der Waals surface area contributed by atoms with Crippen molar-refractivity contribution < 1.29 is 14.4 Å². The molecule has 1 aromatic heterocycles. The normalized spacial score (nSPS) is 11.7. The van der Waals surface area contributed by atoms with Crippen LogP contribution in [0.15, 0.2) is 119 Å². The van der Waals surface area contributed by atoms with Gasteiger partial charge in [0.05, 0.1) is 10.8 Å². The van der Waals surface area contributed by atoms with Crippen molar-refractivity contribution in [2.24, 2.45) is 0 Å². The first-order chi connectivity index (χ1) is 23.2. The Kier molecular flexibility index (Phi) is 11.5. The molecule has 0 aliphatic rings. The minimum Gasteiger partial charge on any atom is -0.321 e. The summed E-state index contributed by atoms with van der Waals surface area (Å²) in [4.78, 5) is 40.7. The molecule has 1 atom stereocenters. The second-order valence-corrected chi connectivity index (χ2v) is 13.3. The van der Waals surface area contributed by atoms with Crippen molar-refractivity contribution in [1.29, 1.82) is 5.26 Å². The predicted octanol–water partition coefficient (Wildman–Crippen LogP) is 9.17. The van der Waals surface area contributed by atoms with Crippen LogP contribution in [0, 0.1) is 18.3 Å². The molecule has 3 N–H and O–H groups in total. The first kappa shape index (κ1) is 34.2. The summed E-state index contributed by atoms with van der Waals surface area (Å²) in [6.07, 6.45) is 2.11. The maximum Gasteiger partial charge on any atom is 0.272 e. The Balaban J connectivity index is 1.30. The number of aryl methyl sites for hydroxylation is 1. The summed E-state index contributed by atoms with van der Waals surface area (Å²) in [6, 6.07) is 32.8. The van der Waals surface area contributed by atoms with Crippen LogP contribution in [0.3, 0.4) is 0 Å². The third-order valence-electron chi connectivity index (χ3n) is 7.25. The summed E-state index contributed by atoms with van der Waals surface area (Å²) in [7, 11) is 0. The number of rotatable bonds is 11. The van der Waals surface area contributed by atoms with E-state index in [0.717, 1.165) is 21.6 Å². The Morgan fingerprint density at radius 2 is 1.67 bits per heavy atom. The van der Waals surface area contributed by atoms with Gasteiger partial charge in [0.25, 0.3) is 11.8 Å². The van der Waals surface area contributed by atoms with Crippen LogP contribution in [0.4, 0.5) is 10.7 Å². The van der Waals surface area contributed by atoms with Crippen LogP contribution in [-0.2, 0) is 9.59 Å². The molecule has 5 rings (SSSR count). The van der Waals surface area contributed by atoms with Gasteiger partial charge in [0.1, 0.15) is 16.8 Å². The average Bonchev–Trinajstić information content (AvgIpc) is 3.50. The molecule has 7 nitrogen and oxygen atoms in total. The van der Waals surface area contributed by atoms with Crippen LogP contribution in [0.25, 0.3) is 17.2 Å². The number of nitrogens with one attached hydrogen (secondary N) is 3. The Bertz CT molecular complexity index is 2000. The lowest BCUT2D eigenvalue weighted by Crippen LogP contribution is -2.30. The van der Waals surface area contributed by atoms with Crippen molar-refractivity contribution in [3.63, 3.8) is 0 Å². The largest absolute Gasteiger partial charge is 0.321 e. The Morgan fingerprint density at radius 3 is 2.35 bits per heavy atom. The van der Waals surface area contributed by atoms with Crippen LogP contribution >= 0.6 is 34.7 Å². The second kappa shape index (κ2) is 16.1. The monoisotopic (exact) mass is 690 g/mol. The van der Waals surface area contributed by atoms with E-state index in [1.807, 2.05) is 49.6 Å². The predicted molar refractivity (Wildman–Crippen MR) is 196 cm³/mol. The van der Waals surface area contributed by atoms with Gasteiger partial charge < -0.3 is 16.0 Å². The lowest BCUT2D eigenvalue weighted by Gasteiger charge is -2.16. The van der Waals surface area contributed by atoms with Crippen molar-refractivity contribution in [2.75, 3.05) is 10.6 Å². The fourth-order valence-electron chi connectivity index (χ4n) is 4.70. The number of benzene rings is 4. The van der Waals surface area contributed by atoms with E-state index < -0.39 is 17.1 Å². The minimum absolute atomic E-state index is 0.0456. The fraction of sp³-hybridized carbons (Fsp3) is 0.105. The van der Waals surface area contributed by atoms with Crippen molar-refractivity contribution in [1.82, 2.24) is 5.32 Å². The number of hydrogen-bond donors (Lipinski definition) is 3. The number of nitriles is 1. The van der Waals surface area contributed by atoms with Gasteiger partial charge in [-0.15, -0.1) is 23.1 Å². The van der Waals surface area contributed by atoms with E-state index in [0.29, 0.717) is 38.8 Å². The maximum absolute atomic E-state index is 13.5. The zero-order valence-corrected chi connectivity index (χ0v) is 28.5. The molecule has 5 aromatic rings. The molecule has 0 fully saturated rings. The summed E-state index contributed by atoms with van der Waals surface area (Å²) in [5, 5.41) is 21.0. The first-order valence-corrected chi connectivity index (χ1v) is 17.2. The molecule has 48 heavy (non-hydrogen) atoms. The van der Waals surface area contributed by atoms with E-state index in [-0.39, 0.29) is 11.6 Å². The summed E-state index contributed by atoms with van der Waals surface area (Å²) in [5.74, 6) is -1.17. The number of anilines is 2. The van der Waals surface area contributed by atoms with Crippen molar-refractivity contribution in [2.45, 2.75) is 30.4 Å². The Labute approximate surface area is 292 Å². The molecule has 0 saturated carbocycles. The van der Waals surface area contributed by atoms with E-state index in [1.54, 1.807) is 78.9 Å². The minimum atomic E-state index is -0.521. The molecule has 0 aliphatic heterocycles. The van der Waals surface area contributed by atoms with E-state index in [9.17, 15) is 19.6 Å². The SMILES string of the molecule is CCC(Sc1cccc(NC(=O)/C(=C\c2ccc(Cl)cc2)NC(=O)c2ccccc2)c1)C(=O)Nc1scc(-c2ccc(C)cc2)c1C#N. The molecule has 10 heteroatoms. The standard InChI is InChI=1S/C38H31ClN4O3S2/c1-3-34(37(46)43-38-31(22-40)32(23-47-38)26-16-12-24(2)13-17-26)48-30-11-7-10-29(21-30)41-36(45)33(20-25-14-18-28(39)19-15-25)42-35(44)27-8-5-4-6-9-27/h4-21,23,34H,3H2,1-2H3,(H,41,45)(H,42,44)(H,43,46)/b33-20+. The smallest absolute Gasteiger partial charge is 0.272 e. The van der Waals surface area contributed by atoms with Crippen LogP contribution in [-0.4, -0.2) is 23.0 Å². The molecule has 0 radical (unpaired) electrons. The van der Waals surface area contributed by atoms with Crippen LogP contribution in [0.5, 0.6) is 0 Å². The molecular weight excluding hydrogens is 660 g/mol. The van der Waals surface area contributed by atoms with Gasteiger partial charge in [0.2, 0.25) is 5.91 Å². The van der Waals surface area contributed by atoms with Gasteiger partial charge in [-0.1, -0.05) is 84.8 Å². The number of amides is 3. The summed E-state index contributed by atoms with van der Waals surface area (Å²) < 4.78 is 0. The first-order valence-electron chi connectivity index (χ1n) is 15.0. The summed E-state index contributed by atoms with van der Waals surface area (Å²) in [6.45, 7) is 3.92. The fourth-order valence-corrected chi connectivity index (χ4v) is 6.76. The van der Waals surface area contributed by atoms with Crippen molar-refractivity contribution >= 4 is 69.2 Å². The molecular formula is C38H31ClN4O3S2. The number of thioether (sulfide) groups is 1. The number of nitrogens with zero attached hydrogens (tertiary/aromatic N) is 1. The quantitative estimate of drug-likeness (QED) is 0.0946. The molecule has 1 heterocycles. The van der Waals surface area contributed by atoms with Crippen LogP contribution in [0.2, 0.25) is 5.02 Å². The third-order valence-corrected chi connectivity index (χ3v) is 9.75. The topological polar surface area (TPSA) is 111 Å². The van der Waals surface area contributed by atoms with Gasteiger partial charge in [0, 0.05) is 32.1 Å². The molecule has 0 bridgehead atoms. The highest BCUT2D eigenvalue weighted by molar-refractivity contribution is 8.00. The molecule has 0 spiro atoms. The Hall–Kier alpha value is -5.14. The van der Waals surface area contributed by atoms with Gasteiger partial charge in [-0.25, -0.2) is 0 Å². The van der Waals surface area contributed by atoms with E-state index >= 15 is 0 Å². The molecule has 4 aromatic carbocycles. The highest BCUT2D eigenvalue weighted by Crippen LogP contribution is 2.36. The second-order valence-electron chi connectivity index (χ2n) is 10.7. The van der Waals surface area contributed by atoms with Gasteiger partial charge in [0.15, 0.2) is 0 Å². The number of carbonyl (C=O) groups is 3. The number of thiophene rings is 1. The number of halogens is 1. The maximum atomic E-state index is 13.5. The Morgan fingerprint density at radius 1 is 0.938 bits per heavy atom. The van der Waals surface area contributed by atoms with Gasteiger partial charge in [-0.05, 0) is 73.0 Å². The van der Waals surface area contributed by atoms with Crippen molar-refractivity contribution in [3.8, 4) is 17.2 Å². The zero-order chi connectivity index (χ0) is 34.0. The van der Waals surface area contributed by atoms with Crippen LogP contribution in [0.1, 0.15) is 40.4 Å². The zero-order valence-electron chi connectivity index (χ0n) is 26.1. The van der Waals surface area contributed by atoms with Gasteiger partial charge >= 0.3 is 0 Å². The number of hydrogen-bond acceptors (Lipinski definition) is 6. The van der Waals surface area contributed by atoms with Crippen molar-refractivity contribution in [3.05, 3.63) is 141 Å². The van der Waals surface area contributed by atoms with Gasteiger partial charge in [-0.3, -0.25) is 14.4 Å². The lowest BCUT2D eigenvalue weighted by molar-refractivity contribution is -0.116. The van der Waals surface area contributed by atoms with Gasteiger partial charge in [-0.2, -0.15) is 5.26 Å². The number of carbonyl (C=O) groups excluding carboxylic acids is 3. The molecule has 240 valence electrons. The lowest BCUT2D eigenvalue weighted by atomic mass is 10.0. The van der Waals surface area contributed by atoms with Crippen LogP contribution < -0.4 is 16.0 Å². The third kappa shape index (κ3) is 8.81. The summed E-state index contributed by atoms with van der Waals surface area (Å²) in [5.41, 5.74) is 4.88. The van der Waals surface area contributed by atoms with E-state index in [1.165, 1.54) is 23.1 Å².